The van der Waals surface area contributed by atoms with E-state index in [0.717, 1.165) is 31.3 Å². The van der Waals surface area contributed by atoms with Crippen LogP contribution < -0.4 is 0 Å². The molecule has 24 atom stereocenters. The van der Waals surface area contributed by atoms with Crippen LogP contribution in [0.15, 0.2) is 11.6 Å². The van der Waals surface area contributed by atoms with Gasteiger partial charge in [-0.2, -0.15) is 0 Å². The molecule has 8 rings (SSSR count). The van der Waals surface area contributed by atoms with Gasteiger partial charge >= 0.3 is 11.9 Å². The van der Waals surface area contributed by atoms with Gasteiger partial charge in [-0.15, -0.1) is 0 Å². The summed E-state index contributed by atoms with van der Waals surface area (Å²) < 4.78 is 36.7. The van der Waals surface area contributed by atoms with Crippen molar-refractivity contribution in [2.45, 2.75) is 211 Å². The minimum Gasteiger partial charge on any atom is -0.481 e. The molecule has 19 heteroatoms. The molecule has 5 aliphatic carbocycles. The Morgan fingerprint density at radius 2 is 1.19 bits per heavy atom. The highest BCUT2D eigenvalue weighted by Gasteiger charge is 2.70. The molecule has 4 saturated carbocycles. The molecule has 11 N–H and O–H groups in total. The van der Waals surface area contributed by atoms with Gasteiger partial charge in [-0.3, -0.25) is 9.59 Å². The third kappa shape index (κ3) is 7.88. The molecule has 0 unspecified atom stereocenters. The second-order valence-electron chi connectivity index (χ2n) is 23.2. The van der Waals surface area contributed by atoms with Gasteiger partial charge in [0.15, 0.2) is 18.9 Å². The Labute approximate surface area is 391 Å². The molecule has 0 spiro atoms. The van der Waals surface area contributed by atoms with Gasteiger partial charge in [-0.05, 0) is 117 Å². The van der Waals surface area contributed by atoms with Gasteiger partial charge in [0.05, 0.1) is 36.3 Å². The minimum absolute atomic E-state index is 0.0914. The van der Waals surface area contributed by atoms with E-state index in [2.05, 4.69) is 40.7 Å². The van der Waals surface area contributed by atoms with Gasteiger partial charge in [0, 0.05) is 0 Å². The number of ether oxygens (including phenoxy) is 6. The zero-order chi connectivity index (χ0) is 49.1. The van der Waals surface area contributed by atoms with Gasteiger partial charge in [0.1, 0.15) is 67.1 Å². The molecular weight excluding hydrogens is 881 g/mol. The summed E-state index contributed by atoms with van der Waals surface area (Å²) in [7, 11) is 0. The van der Waals surface area contributed by atoms with Crippen molar-refractivity contribution in [3.05, 3.63) is 11.6 Å². The fraction of sp³-hybridized carbons (Fsp3) is 0.917. The average molecular weight is 957 g/mol. The summed E-state index contributed by atoms with van der Waals surface area (Å²) in [5, 5.41) is 118. The number of fused-ring (bicyclic) bond motifs is 7. The number of aliphatic carboxylic acids is 2. The Morgan fingerprint density at radius 1 is 0.627 bits per heavy atom. The largest absolute Gasteiger partial charge is 0.481 e. The zero-order valence-electron chi connectivity index (χ0n) is 39.7. The van der Waals surface area contributed by atoms with Gasteiger partial charge in [-0.1, -0.05) is 46.3 Å². The minimum atomic E-state index is -1.86. The van der Waals surface area contributed by atoms with Crippen molar-refractivity contribution in [1.82, 2.24) is 0 Å². The van der Waals surface area contributed by atoms with Crippen molar-refractivity contribution < 1.29 is 94.2 Å². The molecule has 0 amide bonds. The van der Waals surface area contributed by atoms with Crippen LogP contribution in [0.1, 0.15) is 113 Å². The summed E-state index contributed by atoms with van der Waals surface area (Å²) in [6, 6.07) is 0. The molecule has 0 aromatic rings. The molecule has 8 aliphatic rings. The maximum absolute atomic E-state index is 13.2. The maximum atomic E-state index is 13.2. The Morgan fingerprint density at radius 3 is 1.76 bits per heavy atom. The lowest BCUT2D eigenvalue weighted by atomic mass is 9.33. The van der Waals surface area contributed by atoms with E-state index < -0.39 is 140 Å². The molecule has 3 aliphatic heterocycles. The first-order chi connectivity index (χ1) is 31.3. The highest BCUT2D eigenvalue weighted by atomic mass is 16.8. The lowest BCUT2D eigenvalue weighted by Crippen LogP contribution is -2.67. The molecule has 3 heterocycles. The summed E-state index contributed by atoms with van der Waals surface area (Å²) in [5.41, 5.74) is -2.27. The lowest BCUT2D eigenvalue weighted by Gasteiger charge is -2.71. The van der Waals surface area contributed by atoms with Gasteiger partial charge in [0.2, 0.25) is 0 Å². The Bertz CT molecular complexity index is 1880. The van der Waals surface area contributed by atoms with E-state index in [-0.39, 0.29) is 40.4 Å². The van der Waals surface area contributed by atoms with E-state index in [0.29, 0.717) is 32.1 Å². The van der Waals surface area contributed by atoms with Crippen LogP contribution in [0.3, 0.4) is 0 Å². The van der Waals surface area contributed by atoms with E-state index in [4.69, 9.17) is 28.4 Å². The van der Waals surface area contributed by atoms with Crippen LogP contribution >= 0.6 is 0 Å². The van der Waals surface area contributed by atoms with E-state index >= 15 is 0 Å². The van der Waals surface area contributed by atoms with Crippen molar-refractivity contribution in [2.75, 3.05) is 13.2 Å². The van der Waals surface area contributed by atoms with Gasteiger partial charge in [-0.25, -0.2) is 0 Å². The summed E-state index contributed by atoms with van der Waals surface area (Å²) in [6.07, 6.45) is -16.6. The summed E-state index contributed by atoms with van der Waals surface area (Å²) in [6.45, 7) is 13.0. The van der Waals surface area contributed by atoms with E-state index in [1.165, 1.54) is 6.92 Å². The van der Waals surface area contributed by atoms with Crippen molar-refractivity contribution in [3.8, 4) is 0 Å². The fourth-order valence-corrected chi connectivity index (χ4v) is 15.1. The second-order valence-corrected chi connectivity index (χ2v) is 23.2. The van der Waals surface area contributed by atoms with Crippen LogP contribution in [-0.2, 0) is 38.0 Å². The van der Waals surface area contributed by atoms with Crippen molar-refractivity contribution >= 4 is 11.9 Å². The number of hydrogen-bond donors (Lipinski definition) is 11. The van der Waals surface area contributed by atoms with Crippen molar-refractivity contribution in [2.24, 2.45) is 50.2 Å². The smallest absolute Gasteiger partial charge is 0.310 e. The molecule has 0 bridgehead atoms. The van der Waals surface area contributed by atoms with Crippen LogP contribution in [-0.4, -0.2) is 180 Å². The predicted octanol–water partition coefficient (Wildman–Crippen LogP) is 0.799. The van der Waals surface area contributed by atoms with Crippen LogP contribution in [0.25, 0.3) is 0 Å². The highest BCUT2D eigenvalue weighted by molar-refractivity contribution is 5.79. The summed E-state index contributed by atoms with van der Waals surface area (Å²) in [4.78, 5) is 25.8. The van der Waals surface area contributed by atoms with Gasteiger partial charge in [0.25, 0.3) is 0 Å². The number of carboxylic acid groups (broad SMARTS) is 2. The molecular formula is C48H76O19. The third-order valence-electron chi connectivity index (χ3n) is 19.6. The standard InChI is InChI=1S/C48H76O19/c1-21-29(51)32(54)35(57)38(62-21)66-37-34(56)31(53)25(20-50)64-40(37)67-36-33(55)30(52)24(19-49)63-39(36)65-28-11-12-45(5)26(43(28,2)3)10-13-47(7)27(45)9-8-22-23-18-44(4,41(58)59)14-16-48(23,42(60)61)17-15-46(22,47)6/h8,21,23-40,49-57H,9-20H2,1-7H3,(H,58,59)(H,60,61)/t21-,23-,24+,25+,26-,27+,28-,29-,30+,31+,32+,33-,34-,35+,36+,37+,38-,39-,40-,44-,45-,46+,47+,48-/m0/s1. The van der Waals surface area contributed by atoms with Crippen LogP contribution in [0.4, 0.5) is 0 Å². The Kier molecular flexibility index (Phi) is 13.8. The maximum Gasteiger partial charge on any atom is 0.310 e. The van der Waals surface area contributed by atoms with Crippen molar-refractivity contribution in [1.29, 1.82) is 0 Å². The van der Waals surface area contributed by atoms with Crippen LogP contribution in [0, 0.1) is 50.2 Å². The predicted molar refractivity (Wildman–Crippen MR) is 231 cm³/mol. The first-order valence-corrected chi connectivity index (χ1v) is 24.3. The quantitative estimate of drug-likeness (QED) is 0.107. The monoisotopic (exact) mass is 956 g/mol. The first-order valence-electron chi connectivity index (χ1n) is 24.3. The first kappa shape index (κ1) is 51.4. The highest BCUT2D eigenvalue weighted by Crippen LogP contribution is 2.76. The normalized spacial score (nSPS) is 54.1. The van der Waals surface area contributed by atoms with Gasteiger partial charge < -0.3 is 84.6 Å². The number of rotatable bonds is 10. The molecule has 19 nitrogen and oxygen atoms in total. The molecule has 0 aromatic heterocycles. The zero-order valence-corrected chi connectivity index (χ0v) is 39.7. The lowest BCUT2D eigenvalue weighted by molar-refractivity contribution is -0.397. The third-order valence-corrected chi connectivity index (χ3v) is 19.6. The average Bonchev–Trinajstić information content (AvgIpc) is 3.27. The van der Waals surface area contributed by atoms with Crippen molar-refractivity contribution in [3.63, 3.8) is 0 Å². The molecule has 67 heavy (non-hydrogen) atoms. The fourth-order valence-electron chi connectivity index (χ4n) is 15.1. The topological polar surface area (TPSA) is 312 Å². The number of aliphatic hydroxyl groups is 9. The molecule has 382 valence electrons. The number of hydrogen-bond acceptors (Lipinski definition) is 17. The number of carbonyl (C=O) groups is 2. The van der Waals surface area contributed by atoms with E-state index in [1.807, 2.05) is 0 Å². The Balaban J connectivity index is 1.06. The Hall–Kier alpha value is -1.92. The van der Waals surface area contributed by atoms with Crippen LogP contribution in [0.2, 0.25) is 0 Å². The van der Waals surface area contributed by atoms with E-state index in [1.54, 1.807) is 6.92 Å². The number of carboxylic acids is 2. The number of allylic oxidation sites excluding steroid dienone is 2. The second kappa shape index (κ2) is 18.0. The molecule has 0 aromatic carbocycles. The molecule has 3 saturated heterocycles. The summed E-state index contributed by atoms with van der Waals surface area (Å²) in [5.74, 6) is -1.83. The van der Waals surface area contributed by atoms with Crippen LogP contribution in [0.5, 0.6) is 0 Å². The SMILES string of the molecule is C[C@@H]1O[C@@H](O[C@H]2[C@H](O[C@H]3[C@H](O[C@H]4CC[C@]5(C)[C@H]6CC=C7[C@@H]8C[C@@](C)(C(=O)O)CC[C@]8(C(=O)O)CC[C@@]7(C)[C@]6(C)CC[C@H]5C4(C)C)O[C@H](CO)[C@@H](O)[C@@H]3O)O[C@H](CO)[C@@H](O)[C@@H]2O)[C@H](O)[C@H](O)[C@H]1O. The number of aliphatic hydroxyl groups excluding tert-OH is 9. The van der Waals surface area contributed by atoms with E-state index in [9.17, 15) is 65.8 Å². The molecule has 0 radical (unpaired) electrons. The summed E-state index contributed by atoms with van der Waals surface area (Å²) >= 11 is 0. The molecule has 7 fully saturated rings.